The monoisotopic (exact) mass is 400 g/mol. The molecule has 0 aliphatic carbocycles. The maximum Gasteiger partial charge on any atom is 0.335 e. The Labute approximate surface area is 170 Å². The maximum absolute atomic E-state index is 12.4. The van der Waals surface area contributed by atoms with Crippen molar-refractivity contribution in [3.05, 3.63) is 83.4 Å². The number of rotatable bonds is 5. The van der Waals surface area contributed by atoms with Gasteiger partial charge in [0.15, 0.2) is 0 Å². The molecule has 30 heavy (non-hydrogen) atoms. The second kappa shape index (κ2) is 7.88. The fraction of sp³-hybridized carbons (Fsp3) is 0. The highest BCUT2D eigenvalue weighted by Gasteiger charge is 2.11. The minimum Gasteiger partial charge on any atom is -0.507 e. The number of phenols is 1. The van der Waals surface area contributed by atoms with Crippen LogP contribution in [-0.2, 0) is 0 Å². The number of aromatic nitrogens is 2. The van der Waals surface area contributed by atoms with E-state index in [0.717, 1.165) is 0 Å². The van der Waals surface area contributed by atoms with Gasteiger partial charge >= 0.3 is 5.97 Å². The number of para-hydroxylation sites is 1. The van der Waals surface area contributed by atoms with Crippen molar-refractivity contribution in [1.29, 1.82) is 0 Å². The smallest absolute Gasteiger partial charge is 0.335 e. The third-order valence-corrected chi connectivity index (χ3v) is 4.44. The highest BCUT2D eigenvalue weighted by Crippen LogP contribution is 2.28. The number of hydrogen-bond donors (Lipinski definition) is 4. The van der Waals surface area contributed by atoms with E-state index >= 15 is 0 Å². The Kier molecular flexibility index (Phi) is 4.96. The van der Waals surface area contributed by atoms with Gasteiger partial charge in [0.05, 0.1) is 28.4 Å². The lowest BCUT2D eigenvalue weighted by Gasteiger charge is -2.00. The molecule has 4 N–H and O–H groups in total. The molecule has 0 radical (unpaired) electrons. The number of aromatic carboxylic acids is 1. The van der Waals surface area contributed by atoms with E-state index in [2.05, 4.69) is 20.5 Å². The Hall–Kier alpha value is -4.46. The van der Waals surface area contributed by atoms with E-state index in [-0.39, 0.29) is 11.3 Å². The summed E-state index contributed by atoms with van der Waals surface area (Å²) in [5, 5.41) is 22.8. The average molecular weight is 400 g/mol. The number of carbonyl (C=O) groups is 2. The lowest BCUT2D eigenvalue weighted by Crippen LogP contribution is -2.17. The highest BCUT2D eigenvalue weighted by molar-refractivity contribution is 5.98. The van der Waals surface area contributed by atoms with Crippen LogP contribution in [0.3, 0.4) is 0 Å². The van der Waals surface area contributed by atoms with Crippen LogP contribution in [0.4, 0.5) is 0 Å². The van der Waals surface area contributed by atoms with Crippen molar-refractivity contribution in [2.75, 3.05) is 0 Å². The molecule has 0 bridgehead atoms. The van der Waals surface area contributed by atoms with Gasteiger partial charge in [0.25, 0.3) is 5.91 Å². The minimum absolute atomic E-state index is 0.111. The lowest BCUT2D eigenvalue weighted by molar-refractivity contribution is 0.0696. The number of hydrogen-bond acceptors (Lipinski definition) is 5. The van der Waals surface area contributed by atoms with Gasteiger partial charge in [0.1, 0.15) is 11.6 Å². The number of benzene rings is 3. The van der Waals surface area contributed by atoms with Crippen LogP contribution in [0.15, 0.2) is 71.8 Å². The number of hydrazone groups is 1. The van der Waals surface area contributed by atoms with Crippen LogP contribution in [0, 0.1) is 0 Å². The van der Waals surface area contributed by atoms with E-state index in [1.165, 1.54) is 18.3 Å². The third kappa shape index (κ3) is 3.88. The Morgan fingerprint density at radius 3 is 2.47 bits per heavy atom. The standard InChI is InChI=1S/C22H16N4O4/c27-19-4-2-1-3-16(19)20-24-17-10-9-15(11-18(17)25-20)21(28)26-23-12-13-5-7-14(8-6-13)22(29)30/h1-12,27H,(H,24,25)(H,26,28)(H,29,30)/b23-12+. The number of nitrogens with zero attached hydrogens (tertiary/aromatic N) is 2. The first-order valence-electron chi connectivity index (χ1n) is 8.96. The number of carbonyl (C=O) groups excluding carboxylic acids is 1. The van der Waals surface area contributed by atoms with Crippen molar-refractivity contribution in [2.24, 2.45) is 5.10 Å². The quantitative estimate of drug-likeness (QED) is 0.302. The van der Waals surface area contributed by atoms with Gasteiger partial charge in [-0.1, -0.05) is 24.3 Å². The molecule has 0 atom stereocenters. The van der Waals surface area contributed by atoms with Crippen LogP contribution >= 0.6 is 0 Å². The molecule has 8 nitrogen and oxygen atoms in total. The van der Waals surface area contributed by atoms with E-state index in [1.807, 2.05) is 0 Å². The van der Waals surface area contributed by atoms with Gasteiger partial charge in [-0.15, -0.1) is 0 Å². The molecule has 0 fully saturated rings. The first-order valence-corrected chi connectivity index (χ1v) is 8.96. The molecular formula is C22H16N4O4. The largest absolute Gasteiger partial charge is 0.507 e. The van der Waals surface area contributed by atoms with Gasteiger partial charge in [-0.05, 0) is 48.0 Å². The molecular weight excluding hydrogens is 384 g/mol. The summed E-state index contributed by atoms with van der Waals surface area (Å²) < 4.78 is 0. The van der Waals surface area contributed by atoms with Gasteiger partial charge in [-0.25, -0.2) is 15.2 Å². The van der Waals surface area contributed by atoms with Crippen LogP contribution in [-0.4, -0.2) is 38.3 Å². The zero-order chi connectivity index (χ0) is 21.1. The molecule has 8 heteroatoms. The first-order chi connectivity index (χ1) is 14.5. The maximum atomic E-state index is 12.4. The number of aromatic hydroxyl groups is 1. The number of carboxylic acids is 1. The Morgan fingerprint density at radius 1 is 1.00 bits per heavy atom. The fourth-order valence-electron chi connectivity index (χ4n) is 2.89. The summed E-state index contributed by atoms with van der Waals surface area (Å²) in [5.41, 5.74) is 5.52. The van der Waals surface area contributed by atoms with Crippen molar-refractivity contribution in [2.45, 2.75) is 0 Å². The summed E-state index contributed by atoms with van der Waals surface area (Å²) in [7, 11) is 0. The Balaban J connectivity index is 1.49. The lowest BCUT2D eigenvalue weighted by atomic mass is 10.1. The van der Waals surface area contributed by atoms with Crippen LogP contribution in [0.2, 0.25) is 0 Å². The molecule has 0 unspecified atom stereocenters. The number of aromatic amines is 1. The molecule has 0 saturated carbocycles. The summed E-state index contributed by atoms with van der Waals surface area (Å²) in [6.45, 7) is 0. The van der Waals surface area contributed by atoms with E-state index in [0.29, 0.717) is 33.5 Å². The predicted octanol–water partition coefficient (Wildman–Crippen LogP) is 3.40. The SMILES string of the molecule is O=C(O)c1ccc(/C=N/NC(=O)c2ccc3nc(-c4ccccc4O)[nH]c3c2)cc1. The second-order valence-electron chi connectivity index (χ2n) is 6.46. The molecule has 1 heterocycles. The van der Waals surface area contributed by atoms with Gasteiger partial charge in [0, 0.05) is 5.56 Å². The van der Waals surface area contributed by atoms with Gasteiger partial charge in [-0.2, -0.15) is 5.10 Å². The number of carboxylic acid groups (broad SMARTS) is 1. The second-order valence-corrected chi connectivity index (χ2v) is 6.46. The number of amides is 1. The molecule has 0 aliphatic rings. The van der Waals surface area contributed by atoms with Gasteiger partial charge in [0.2, 0.25) is 0 Å². The predicted molar refractivity (Wildman–Crippen MR) is 112 cm³/mol. The molecule has 0 saturated heterocycles. The van der Waals surface area contributed by atoms with Gasteiger partial charge in [-0.3, -0.25) is 4.79 Å². The normalized spacial score (nSPS) is 11.1. The minimum atomic E-state index is -1.01. The number of fused-ring (bicyclic) bond motifs is 1. The Morgan fingerprint density at radius 2 is 1.73 bits per heavy atom. The van der Waals surface area contributed by atoms with E-state index < -0.39 is 11.9 Å². The van der Waals surface area contributed by atoms with Crippen molar-refractivity contribution in [3.8, 4) is 17.1 Å². The van der Waals surface area contributed by atoms with E-state index in [9.17, 15) is 14.7 Å². The number of phenolic OH excluding ortho intramolecular Hbond substituents is 1. The highest BCUT2D eigenvalue weighted by atomic mass is 16.4. The molecule has 0 aliphatic heterocycles. The van der Waals surface area contributed by atoms with E-state index in [4.69, 9.17) is 5.11 Å². The molecule has 0 spiro atoms. The molecule has 4 aromatic rings. The summed E-state index contributed by atoms with van der Waals surface area (Å²) in [4.78, 5) is 30.8. The summed E-state index contributed by atoms with van der Waals surface area (Å²) >= 11 is 0. The first kappa shape index (κ1) is 18.9. The van der Waals surface area contributed by atoms with Crippen molar-refractivity contribution >= 4 is 29.1 Å². The molecule has 4 rings (SSSR count). The van der Waals surface area contributed by atoms with Crippen molar-refractivity contribution in [3.63, 3.8) is 0 Å². The number of imidazole rings is 1. The average Bonchev–Trinajstić information content (AvgIpc) is 3.17. The fourth-order valence-corrected chi connectivity index (χ4v) is 2.89. The summed E-state index contributed by atoms with van der Waals surface area (Å²) in [6, 6.07) is 17.9. The van der Waals surface area contributed by atoms with Crippen molar-refractivity contribution < 1.29 is 19.8 Å². The molecule has 148 valence electrons. The van der Waals surface area contributed by atoms with Crippen LogP contribution in [0.25, 0.3) is 22.4 Å². The molecule has 1 amide bonds. The molecule has 3 aromatic carbocycles. The number of nitrogens with one attached hydrogen (secondary N) is 2. The zero-order valence-corrected chi connectivity index (χ0v) is 15.5. The zero-order valence-electron chi connectivity index (χ0n) is 15.5. The van der Waals surface area contributed by atoms with Crippen LogP contribution in [0.1, 0.15) is 26.3 Å². The van der Waals surface area contributed by atoms with Crippen LogP contribution < -0.4 is 5.43 Å². The number of H-pyrrole nitrogens is 1. The summed E-state index contributed by atoms with van der Waals surface area (Å²) in [5.74, 6) is -0.802. The van der Waals surface area contributed by atoms with Crippen LogP contribution in [0.5, 0.6) is 5.75 Å². The third-order valence-electron chi connectivity index (χ3n) is 4.44. The Bertz CT molecular complexity index is 1280. The topological polar surface area (TPSA) is 128 Å². The molecule has 1 aromatic heterocycles. The van der Waals surface area contributed by atoms with E-state index in [1.54, 1.807) is 54.6 Å². The van der Waals surface area contributed by atoms with Crippen molar-refractivity contribution in [1.82, 2.24) is 15.4 Å². The van der Waals surface area contributed by atoms with Gasteiger partial charge < -0.3 is 15.2 Å². The summed E-state index contributed by atoms with van der Waals surface area (Å²) in [6.07, 6.45) is 1.43.